The van der Waals surface area contributed by atoms with Crippen molar-refractivity contribution in [3.63, 3.8) is 0 Å². The van der Waals surface area contributed by atoms with Crippen molar-refractivity contribution in [3.8, 4) is 0 Å². The summed E-state index contributed by atoms with van der Waals surface area (Å²) in [6, 6.07) is 0. The molecular weight excluding hydrogens is 379 g/mol. The first-order valence-electron chi connectivity index (χ1n) is 7.01. The summed E-state index contributed by atoms with van der Waals surface area (Å²) in [5, 5.41) is 9.79. The molecule has 0 radical (unpaired) electrons. The fourth-order valence-electron chi connectivity index (χ4n) is 2.01. The maximum atomic E-state index is 11.7. The molecule has 1 fully saturated rings. The first-order chi connectivity index (χ1) is 11.4. The molecule has 4 N–H and O–H groups in total. The third kappa shape index (κ3) is 7.32. The Labute approximate surface area is 145 Å². The number of aromatic amines is 1. The average Bonchev–Trinajstić information content (AvgIpc) is 2.80. The van der Waals surface area contributed by atoms with E-state index in [-0.39, 0.29) is 6.42 Å². The standard InChI is InChI=1S/C10H15N2O8P.C2H6OS/c1-5-3-12(10(15)11-9(5)14)8-2-6(13)7(20-8)4-19-21(16,17)18;1-4(2)3/h3,6-8,13H,2,4H2,1H3,(H,11,14,15)(H2,16,17,18);1-2H3/t6-,7+,8+;/m0./s1. The number of nitrogens with one attached hydrogen (secondary N) is 1. The number of phosphoric ester groups is 1. The van der Waals surface area contributed by atoms with Crippen LogP contribution in [0.2, 0.25) is 0 Å². The van der Waals surface area contributed by atoms with Crippen molar-refractivity contribution in [1.82, 2.24) is 9.55 Å². The van der Waals surface area contributed by atoms with Gasteiger partial charge in [-0.3, -0.25) is 23.1 Å². The van der Waals surface area contributed by atoms with Crippen LogP contribution in [-0.2, 0) is 24.6 Å². The first-order valence-corrected chi connectivity index (χ1v) is 10.5. The Morgan fingerprint density at radius 2 is 2.00 bits per heavy atom. The number of aliphatic hydroxyl groups excluding tert-OH is 1. The summed E-state index contributed by atoms with van der Waals surface area (Å²) in [6.45, 7) is 0.994. The minimum absolute atomic E-state index is 0.0283. The van der Waals surface area contributed by atoms with Gasteiger partial charge in [-0.25, -0.2) is 9.36 Å². The van der Waals surface area contributed by atoms with Gasteiger partial charge in [0, 0.05) is 41.5 Å². The van der Waals surface area contributed by atoms with E-state index in [0.29, 0.717) is 5.56 Å². The molecule has 144 valence electrons. The van der Waals surface area contributed by atoms with E-state index in [4.69, 9.17) is 14.5 Å². The molecule has 0 unspecified atom stereocenters. The Hall–Kier alpha value is -1.14. The maximum Gasteiger partial charge on any atom is 0.469 e. The van der Waals surface area contributed by atoms with E-state index >= 15 is 0 Å². The molecule has 0 aromatic carbocycles. The van der Waals surface area contributed by atoms with Gasteiger partial charge in [0.2, 0.25) is 0 Å². The predicted octanol–water partition coefficient (Wildman–Crippen LogP) is -1.40. The summed E-state index contributed by atoms with van der Waals surface area (Å²) < 4.78 is 30.9. The molecule has 0 spiro atoms. The van der Waals surface area contributed by atoms with Crippen LogP contribution in [0.1, 0.15) is 18.2 Å². The predicted molar refractivity (Wildman–Crippen MR) is 88.6 cm³/mol. The summed E-state index contributed by atoms with van der Waals surface area (Å²) in [5.74, 6) is 0. The van der Waals surface area contributed by atoms with Crippen LogP contribution >= 0.6 is 7.82 Å². The van der Waals surface area contributed by atoms with Crippen LogP contribution in [-0.4, -0.2) is 60.0 Å². The molecule has 1 aromatic rings. The minimum Gasteiger partial charge on any atom is -0.390 e. The van der Waals surface area contributed by atoms with Crippen molar-refractivity contribution in [2.24, 2.45) is 0 Å². The lowest BCUT2D eigenvalue weighted by atomic mass is 10.2. The molecule has 2 heterocycles. The molecule has 3 atom stereocenters. The molecule has 1 aliphatic rings. The van der Waals surface area contributed by atoms with Crippen molar-refractivity contribution in [2.75, 3.05) is 19.1 Å². The molecule has 2 rings (SSSR count). The number of hydrogen-bond donors (Lipinski definition) is 4. The maximum absolute atomic E-state index is 11.7. The van der Waals surface area contributed by atoms with E-state index in [1.807, 2.05) is 0 Å². The molecule has 1 aliphatic heterocycles. The zero-order valence-corrected chi connectivity index (χ0v) is 15.5. The molecule has 1 aromatic heterocycles. The van der Waals surface area contributed by atoms with Crippen LogP contribution < -0.4 is 11.2 Å². The molecular formula is C12H21N2O9PS. The van der Waals surface area contributed by atoms with Crippen LogP contribution in [0.15, 0.2) is 15.8 Å². The van der Waals surface area contributed by atoms with E-state index < -0.39 is 54.9 Å². The van der Waals surface area contributed by atoms with E-state index in [9.17, 15) is 23.5 Å². The number of aryl methyl sites for hydroxylation is 1. The largest absolute Gasteiger partial charge is 0.469 e. The lowest BCUT2D eigenvalue weighted by Crippen LogP contribution is -2.33. The van der Waals surface area contributed by atoms with Crippen molar-refractivity contribution < 1.29 is 32.9 Å². The number of aliphatic hydroxyl groups is 1. The fourth-order valence-corrected chi connectivity index (χ4v) is 2.35. The highest BCUT2D eigenvalue weighted by atomic mass is 32.2. The van der Waals surface area contributed by atoms with Gasteiger partial charge < -0.3 is 19.6 Å². The monoisotopic (exact) mass is 400 g/mol. The van der Waals surface area contributed by atoms with Gasteiger partial charge in [-0.2, -0.15) is 0 Å². The normalized spacial score (nSPS) is 23.4. The Bertz CT molecular complexity index is 767. The Balaban J connectivity index is 0.000000705. The number of rotatable bonds is 4. The van der Waals surface area contributed by atoms with Crippen LogP contribution in [0.4, 0.5) is 0 Å². The zero-order valence-electron chi connectivity index (χ0n) is 13.8. The molecule has 1 saturated heterocycles. The third-order valence-electron chi connectivity index (χ3n) is 3.07. The van der Waals surface area contributed by atoms with Gasteiger partial charge in [-0.1, -0.05) is 0 Å². The highest BCUT2D eigenvalue weighted by Gasteiger charge is 2.37. The summed E-state index contributed by atoms with van der Waals surface area (Å²) in [5.41, 5.74) is -0.918. The van der Waals surface area contributed by atoms with E-state index in [1.165, 1.54) is 13.1 Å². The molecule has 25 heavy (non-hydrogen) atoms. The van der Waals surface area contributed by atoms with Gasteiger partial charge in [0.15, 0.2) is 0 Å². The SMILES string of the molecule is CS(C)=O.Cc1cn([C@H]2C[C@H](O)[C@@H](COP(=O)(O)O)O2)c(=O)[nH]c1=O. The molecule has 0 bridgehead atoms. The van der Waals surface area contributed by atoms with Crippen LogP contribution in [0.3, 0.4) is 0 Å². The first kappa shape index (κ1) is 21.9. The second-order valence-electron chi connectivity index (χ2n) is 5.44. The van der Waals surface area contributed by atoms with Gasteiger partial charge in [0.1, 0.15) is 12.3 Å². The summed E-state index contributed by atoms with van der Waals surface area (Å²) >= 11 is 0. The van der Waals surface area contributed by atoms with Gasteiger partial charge >= 0.3 is 13.5 Å². The van der Waals surface area contributed by atoms with Crippen LogP contribution in [0, 0.1) is 6.92 Å². The molecule has 13 heteroatoms. The lowest BCUT2D eigenvalue weighted by molar-refractivity contribution is -0.0451. The van der Waals surface area contributed by atoms with Gasteiger partial charge in [-0.15, -0.1) is 0 Å². The Kier molecular flexibility index (Phi) is 7.88. The lowest BCUT2D eigenvalue weighted by Gasteiger charge is -2.16. The Morgan fingerprint density at radius 3 is 2.52 bits per heavy atom. The third-order valence-corrected chi connectivity index (χ3v) is 3.55. The van der Waals surface area contributed by atoms with E-state index in [1.54, 1.807) is 12.5 Å². The number of aromatic nitrogens is 2. The van der Waals surface area contributed by atoms with Crippen LogP contribution in [0.5, 0.6) is 0 Å². The summed E-state index contributed by atoms with van der Waals surface area (Å²) in [4.78, 5) is 42.3. The number of hydrogen-bond acceptors (Lipinski definition) is 7. The highest BCUT2D eigenvalue weighted by molar-refractivity contribution is 7.83. The van der Waals surface area contributed by atoms with E-state index in [2.05, 4.69) is 9.51 Å². The second kappa shape index (κ2) is 8.99. The van der Waals surface area contributed by atoms with Gasteiger partial charge in [-0.05, 0) is 6.92 Å². The summed E-state index contributed by atoms with van der Waals surface area (Å²) in [7, 11) is -5.28. The second-order valence-corrected chi connectivity index (χ2v) is 8.16. The van der Waals surface area contributed by atoms with Crippen molar-refractivity contribution in [2.45, 2.75) is 31.8 Å². The number of H-pyrrole nitrogens is 1. The topological polar surface area (TPSA) is 168 Å². The molecule has 11 nitrogen and oxygen atoms in total. The number of nitrogens with zero attached hydrogens (tertiary/aromatic N) is 1. The van der Waals surface area contributed by atoms with Gasteiger partial charge in [0.25, 0.3) is 5.56 Å². The number of ether oxygens (including phenoxy) is 1. The van der Waals surface area contributed by atoms with Crippen molar-refractivity contribution in [3.05, 3.63) is 32.6 Å². The Morgan fingerprint density at radius 1 is 1.44 bits per heavy atom. The van der Waals surface area contributed by atoms with E-state index in [0.717, 1.165) is 4.57 Å². The molecule has 0 amide bonds. The van der Waals surface area contributed by atoms with Crippen LogP contribution in [0.25, 0.3) is 0 Å². The minimum atomic E-state index is -4.67. The smallest absolute Gasteiger partial charge is 0.390 e. The summed E-state index contributed by atoms with van der Waals surface area (Å²) in [6.07, 6.45) is 1.71. The quantitative estimate of drug-likeness (QED) is 0.444. The fraction of sp³-hybridized carbons (Fsp3) is 0.667. The van der Waals surface area contributed by atoms with Crippen molar-refractivity contribution >= 4 is 18.6 Å². The number of phosphoric acid groups is 1. The average molecular weight is 400 g/mol. The van der Waals surface area contributed by atoms with Crippen molar-refractivity contribution in [1.29, 1.82) is 0 Å². The van der Waals surface area contributed by atoms with Gasteiger partial charge in [0.05, 0.1) is 12.7 Å². The molecule has 0 saturated carbocycles. The molecule has 0 aliphatic carbocycles. The zero-order chi connectivity index (χ0) is 19.4. The highest BCUT2D eigenvalue weighted by Crippen LogP contribution is 2.38.